The number of hydrogen-bond donors (Lipinski definition) is 0. The van der Waals surface area contributed by atoms with Crippen LogP contribution in [0.1, 0.15) is 10.5 Å². The maximum absolute atomic E-state index is 13.4. The predicted octanol–water partition coefficient (Wildman–Crippen LogP) is 2.44. The fraction of sp³-hybridized carbons (Fsp3) is 0. The van der Waals surface area contributed by atoms with Crippen molar-refractivity contribution >= 4 is 28.0 Å². The largest absolute Gasteiger partial charge is 0.286 e. The van der Waals surface area contributed by atoms with Crippen LogP contribution >= 0.6 is 11.6 Å². The molecule has 0 atom stereocenters. The zero-order valence-corrected chi connectivity index (χ0v) is 11.5. The van der Waals surface area contributed by atoms with Gasteiger partial charge in [-0.1, -0.05) is 0 Å². The van der Waals surface area contributed by atoms with Crippen LogP contribution in [0.3, 0.4) is 0 Å². The molecular formula is C14H6ClF2N3O2. The second-order valence-corrected chi connectivity index (χ2v) is 4.66. The summed E-state index contributed by atoms with van der Waals surface area (Å²) in [6.45, 7) is 0. The van der Waals surface area contributed by atoms with E-state index < -0.39 is 28.1 Å². The fourth-order valence-electron chi connectivity index (χ4n) is 2.03. The summed E-state index contributed by atoms with van der Waals surface area (Å²) in [4.78, 5) is 31.5. The molecule has 0 fully saturated rings. The van der Waals surface area contributed by atoms with E-state index in [2.05, 4.69) is 9.97 Å². The van der Waals surface area contributed by atoms with Gasteiger partial charge in [0.25, 0.3) is 10.8 Å². The summed E-state index contributed by atoms with van der Waals surface area (Å²) >= 11 is 5.35. The Kier molecular flexibility index (Phi) is 3.42. The highest BCUT2D eigenvalue weighted by Crippen LogP contribution is 2.17. The first-order valence-corrected chi connectivity index (χ1v) is 6.40. The first kappa shape index (κ1) is 14.3. The number of halogens is 3. The highest BCUT2D eigenvalue weighted by molar-refractivity contribution is 6.67. The van der Waals surface area contributed by atoms with Gasteiger partial charge in [-0.2, -0.15) is 0 Å². The van der Waals surface area contributed by atoms with E-state index in [4.69, 9.17) is 11.6 Å². The molecule has 0 radical (unpaired) electrons. The second-order valence-electron chi connectivity index (χ2n) is 4.32. The third-order valence-electron chi connectivity index (χ3n) is 2.98. The second kappa shape index (κ2) is 5.27. The SMILES string of the molecule is O=C(Cl)c1nc2ncccc2n(-c2ccc(F)c(F)c2)c1=O. The van der Waals surface area contributed by atoms with Crippen molar-refractivity contribution < 1.29 is 13.6 Å². The Balaban J connectivity index is 2.45. The minimum Gasteiger partial charge on any atom is -0.274 e. The van der Waals surface area contributed by atoms with Crippen molar-refractivity contribution in [3.05, 3.63) is 64.2 Å². The van der Waals surface area contributed by atoms with Crippen molar-refractivity contribution in [2.24, 2.45) is 0 Å². The number of aromatic nitrogens is 3. The van der Waals surface area contributed by atoms with Crippen LogP contribution in [0.15, 0.2) is 41.3 Å². The molecule has 2 aromatic heterocycles. The molecule has 2 heterocycles. The van der Waals surface area contributed by atoms with Gasteiger partial charge in [0.1, 0.15) is 0 Å². The van der Waals surface area contributed by atoms with Crippen LogP contribution in [0, 0.1) is 11.6 Å². The monoisotopic (exact) mass is 321 g/mol. The lowest BCUT2D eigenvalue weighted by Crippen LogP contribution is -2.26. The van der Waals surface area contributed by atoms with Crippen LogP contribution in [0.5, 0.6) is 0 Å². The third kappa shape index (κ3) is 2.25. The molecule has 0 amide bonds. The number of nitrogens with zero attached hydrogens (tertiary/aromatic N) is 3. The molecule has 0 aliphatic heterocycles. The molecule has 0 aliphatic carbocycles. The topological polar surface area (TPSA) is 64.8 Å². The minimum absolute atomic E-state index is 0.0310. The molecule has 0 saturated carbocycles. The van der Waals surface area contributed by atoms with Crippen LogP contribution < -0.4 is 5.56 Å². The van der Waals surface area contributed by atoms with E-state index >= 15 is 0 Å². The van der Waals surface area contributed by atoms with Crippen LogP contribution in [-0.2, 0) is 0 Å². The van der Waals surface area contributed by atoms with E-state index in [1.807, 2.05) is 0 Å². The first-order valence-electron chi connectivity index (χ1n) is 6.02. The molecule has 0 unspecified atom stereocenters. The van der Waals surface area contributed by atoms with Gasteiger partial charge in [0.15, 0.2) is 23.0 Å². The van der Waals surface area contributed by atoms with Crippen molar-refractivity contribution in [3.8, 4) is 5.69 Å². The van der Waals surface area contributed by atoms with E-state index in [-0.39, 0.29) is 16.9 Å². The summed E-state index contributed by atoms with van der Waals surface area (Å²) in [6, 6.07) is 5.98. The Morgan fingerprint density at radius 2 is 1.95 bits per heavy atom. The molecule has 8 heteroatoms. The van der Waals surface area contributed by atoms with Gasteiger partial charge in [0, 0.05) is 12.3 Å². The Hall–Kier alpha value is -2.67. The molecule has 5 nitrogen and oxygen atoms in total. The van der Waals surface area contributed by atoms with E-state index in [9.17, 15) is 18.4 Å². The van der Waals surface area contributed by atoms with E-state index in [1.54, 1.807) is 6.07 Å². The molecule has 0 aliphatic rings. The van der Waals surface area contributed by atoms with Crippen LogP contribution in [0.2, 0.25) is 0 Å². The Bertz CT molecular complexity index is 972. The molecule has 0 N–H and O–H groups in total. The Morgan fingerprint density at radius 3 is 2.64 bits per heavy atom. The summed E-state index contributed by atoms with van der Waals surface area (Å²) in [6.07, 6.45) is 1.41. The van der Waals surface area contributed by atoms with Gasteiger partial charge >= 0.3 is 0 Å². The van der Waals surface area contributed by atoms with Gasteiger partial charge in [-0.25, -0.2) is 18.7 Å². The lowest BCUT2D eigenvalue weighted by Gasteiger charge is -2.10. The molecule has 0 saturated heterocycles. The minimum atomic E-state index is -1.13. The van der Waals surface area contributed by atoms with Crippen molar-refractivity contribution in [1.82, 2.24) is 14.5 Å². The molecule has 3 rings (SSSR count). The molecule has 0 spiro atoms. The highest BCUT2D eigenvalue weighted by Gasteiger charge is 2.18. The number of pyridine rings is 1. The maximum atomic E-state index is 13.4. The Labute approximate surface area is 126 Å². The standard InChI is InChI=1S/C14H6ClF2N3O2/c15-12(21)11-14(22)20(7-3-4-8(16)9(17)6-7)10-2-1-5-18-13(10)19-11/h1-6H. The summed E-state index contributed by atoms with van der Waals surface area (Å²) in [5.41, 5.74) is -1.04. The molecule has 22 heavy (non-hydrogen) atoms. The fourth-order valence-corrected chi connectivity index (χ4v) is 2.15. The van der Waals surface area contributed by atoms with Crippen LogP contribution in [-0.4, -0.2) is 19.8 Å². The van der Waals surface area contributed by atoms with Crippen molar-refractivity contribution in [1.29, 1.82) is 0 Å². The quantitative estimate of drug-likeness (QED) is 0.680. The molecule has 1 aromatic carbocycles. The van der Waals surface area contributed by atoms with Crippen LogP contribution in [0.25, 0.3) is 16.9 Å². The van der Waals surface area contributed by atoms with Gasteiger partial charge in [0.2, 0.25) is 0 Å². The number of carbonyl (C=O) groups is 1. The predicted molar refractivity (Wildman–Crippen MR) is 75.2 cm³/mol. The molecule has 0 bridgehead atoms. The molecule has 110 valence electrons. The first-order chi connectivity index (χ1) is 10.5. The van der Waals surface area contributed by atoms with Crippen molar-refractivity contribution in [3.63, 3.8) is 0 Å². The van der Waals surface area contributed by atoms with Gasteiger partial charge in [-0.05, 0) is 35.9 Å². The van der Waals surface area contributed by atoms with Crippen molar-refractivity contribution in [2.45, 2.75) is 0 Å². The maximum Gasteiger partial charge on any atom is 0.286 e. The van der Waals surface area contributed by atoms with E-state index in [0.717, 1.165) is 16.7 Å². The molecule has 3 aromatic rings. The smallest absolute Gasteiger partial charge is 0.274 e. The normalized spacial score (nSPS) is 10.9. The summed E-state index contributed by atoms with van der Waals surface area (Å²) in [5.74, 6) is -2.18. The van der Waals surface area contributed by atoms with Crippen molar-refractivity contribution in [2.75, 3.05) is 0 Å². The molecular weight excluding hydrogens is 316 g/mol. The lowest BCUT2D eigenvalue weighted by atomic mass is 10.2. The highest BCUT2D eigenvalue weighted by atomic mass is 35.5. The summed E-state index contributed by atoms with van der Waals surface area (Å²) in [5, 5.41) is -1.06. The lowest BCUT2D eigenvalue weighted by molar-refractivity contribution is 0.107. The summed E-state index contributed by atoms with van der Waals surface area (Å²) in [7, 11) is 0. The number of benzene rings is 1. The van der Waals surface area contributed by atoms with Crippen LogP contribution in [0.4, 0.5) is 8.78 Å². The van der Waals surface area contributed by atoms with Gasteiger partial charge in [-0.15, -0.1) is 0 Å². The van der Waals surface area contributed by atoms with Gasteiger partial charge in [0.05, 0.1) is 11.2 Å². The van der Waals surface area contributed by atoms with Gasteiger partial charge in [-0.3, -0.25) is 14.2 Å². The average Bonchev–Trinajstić information content (AvgIpc) is 2.49. The zero-order chi connectivity index (χ0) is 15.9. The number of carbonyl (C=O) groups excluding carboxylic acids is 1. The number of hydrogen-bond acceptors (Lipinski definition) is 4. The van der Waals surface area contributed by atoms with E-state index in [0.29, 0.717) is 0 Å². The Morgan fingerprint density at radius 1 is 1.18 bits per heavy atom. The third-order valence-corrected chi connectivity index (χ3v) is 3.16. The zero-order valence-electron chi connectivity index (χ0n) is 10.8. The summed E-state index contributed by atoms with van der Waals surface area (Å²) < 4.78 is 27.5. The number of rotatable bonds is 2. The number of fused-ring (bicyclic) bond motifs is 1. The average molecular weight is 322 g/mol. The van der Waals surface area contributed by atoms with E-state index in [1.165, 1.54) is 18.3 Å². The van der Waals surface area contributed by atoms with Gasteiger partial charge < -0.3 is 0 Å².